The maximum absolute atomic E-state index is 13.5. The number of thiocarbonyl (C=S) groups is 1. The van der Waals surface area contributed by atoms with Gasteiger partial charge in [0.2, 0.25) is 5.95 Å². The van der Waals surface area contributed by atoms with Crippen LogP contribution in [0.1, 0.15) is 31.5 Å². The first kappa shape index (κ1) is 23.3. The number of hydrogen-bond acceptors (Lipinski definition) is 6. The number of rotatable bonds is 4. The molecular weight excluding hydrogens is 455 g/mol. The van der Waals surface area contributed by atoms with E-state index in [-0.39, 0.29) is 16.9 Å². The van der Waals surface area contributed by atoms with Gasteiger partial charge < -0.3 is 25.0 Å². The van der Waals surface area contributed by atoms with Crippen LogP contribution in [-0.4, -0.2) is 41.4 Å². The molecule has 1 aromatic carbocycles. The summed E-state index contributed by atoms with van der Waals surface area (Å²) >= 11 is 5.28. The molecule has 2 aliphatic rings. The number of aromatic nitrogens is 2. The molecular formula is C22H26F3N5O2S. The first-order valence-electron chi connectivity index (χ1n) is 10.8. The van der Waals surface area contributed by atoms with Crippen molar-refractivity contribution in [1.82, 2.24) is 15.3 Å². The Kier molecular flexibility index (Phi) is 6.78. The van der Waals surface area contributed by atoms with Crippen LogP contribution >= 0.6 is 12.2 Å². The molecule has 0 saturated carbocycles. The fourth-order valence-electron chi connectivity index (χ4n) is 4.17. The molecule has 2 N–H and O–H groups in total. The number of anilines is 2. The fourth-order valence-corrected chi connectivity index (χ4v) is 4.34. The summed E-state index contributed by atoms with van der Waals surface area (Å²) < 4.78 is 51.6. The zero-order valence-electron chi connectivity index (χ0n) is 18.4. The van der Waals surface area contributed by atoms with E-state index in [1.165, 1.54) is 0 Å². The van der Waals surface area contributed by atoms with Gasteiger partial charge in [0.1, 0.15) is 19.0 Å². The molecule has 1 saturated heterocycles. The van der Waals surface area contributed by atoms with Crippen molar-refractivity contribution < 1.29 is 22.6 Å². The van der Waals surface area contributed by atoms with Gasteiger partial charge in [-0.1, -0.05) is 19.9 Å². The molecule has 0 aliphatic carbocycles. The van der Waals surface area contributed by atoms with Gasteiger partial charge in [0.05, 0.1) is 0 Å². The van der Waals surface area contributed by atoms with Crippen molar-refractivity contribution in [3.63, 3.8) is 0 Å². The third-order valence-corrected chi connectivity index (χ3v) is 5.73. The molecule has 2 aromatic rings. The molecule has 4 rings (SSSR count). The normalized spacial score (nSPS) is 20.3. The Morgan fingerprint density at radius 3 is 2.48 bits per heavy atom. The molecule has 178 valence electrons. The van der Waals surface area contributed by atoms with E-state index in [0.29, 0.717) is 56.2 Å². The summed E-state index contributed by atoms with van der Waals surface area (Å²) in [6.07, 6.45) is -3.56. The molecule has 3 heterocycles. The molecule has 0 amide bonds. The van der Waals surface area contributed by atoms with Crippen LogP contribution in [0.15, 0.2) is 24.3 Å². The molecule has 0 spiro atoms. The van der Waals surface area contributed by atoms with Crippen LogP contribution in [0.4, 0.5) is 24.9 Å². The highest BCUT2D eigenvalue weighted by atomic mass is 32.1. The van der Waals surface area contributed by atoms with Gasteiger partial charge in [-0.2, -0.15) is 18.2 Å². The van der Waals surface area contributed by atoms with E-state index >= 15 is 0 Å². The van der Waals surface area contributed by atoms with Crippen molar-refractivity contribution in [2.24, 2.45) is 11.8 Å². The lowest BCUT2D eigenvalue weighted by Crippen LogP contribution is -2.39. The highest BCUT2D eigenvalue weighted by Gasteiger charge is 2.35. The summed E-state index contributed by atoms with van der Waals surface area (Å²) in [7, 11) is 0. The minimum absolute atomic E-state index is 0.121. The van der Waals surface area contributed by atoms with E-state index < -0.39 is 11.9 Å². The van der Waals surface area contributed by atoms with Gasteiger partial charge in [0.15, 0.2) is 22.3 Å². The number of alkyl halides is 3. The number of hydrogen-bond donors (Lipinski definition) is 2. The molecule has 7 nitrogen and oxygen atoms in total. The van der Waals surface area contributed by atoms with E-state index in [0.717, 1.165) is 18.1 Å². The van der Waals surface area contributed by atoms with Crippen LogP contribution in [0.5, 0.6) is 11.5 Å². The van der Waals surface area contributed by atoms with E-state index in [2.05, 4.69) is 34.4 Å². The Labute approximate surface area is 195 Å². The summed E-state index contributed by atoms with van der Waals surface area (Å²) in [5.74, 6) is 2.11. The Bertz CT molecular complexity index is 1010. The monoisotopic (exact) mass is 481 g/mol. The molecule has 2 atom stereocenters. The Morgan fingerprint density at radius 2 is 1.79 bits per heavy atom. The quantitative estimate of drug-likeness (QED) is 0.629. The number of ether oxygens (including phenoxy) is 2. The number of piperidine rings is 1. The van der Waals surface area contributed by atoms with Gasteiger partial charge in [-0.05, 0) is 48.2 Å². The van der Waals surface area contributed by atoms with Crippen molar-refractivity contribution in [2.75, 3.05) is 36.5 Å². The lowest BCUT2D eigenvalue weighted by atomic mass is 9.92. The van der Waals surface area contributed by atoms with Crippen LogP contribution in [0, 0.1) is 11.8 Å². The number of benzene rings is 1. The molecule has 33 heavy (non-hydrogen) atoms. The lowest BCUT2D eigenvalue weighted by molar-refractivity contribution is -0.141. The Balaban J connectivity index is 1.46. The Hall–Kier alpha value is -2.82. The second kappa shape index (κ2) is 9.58. The van der Waals surface area contributed by atoms with E-state index in [4.69, 9.17) is 21.7 Å². The molecule has 0 bridgehead atoms. The SMILES string of the molecule is C[C@@H]1C[C@@H](C)CN(c2cc(C(F)(F)F)nc(NC(=S)NCc3ccc4c(c3)OCCO4)n2)C1. The third-order valence-electron chi connectivity index (χ3n) is 5.48. The highest BCUT2D eigenvalue weighted by Crippen LogP contribution is 2.33. The summed E-state index contributed by atoms with van der Waals surface area (Å²) in [6.45, 7) is 6.79. The molecule has 0 unspecified atom stereocenters. The second-order valence-corrected chi connectivity index (χ2v) is 8.98. The van der Waals surface area contributed by atoms with Crippen molar-refractivity contribution >= 4 is 29.1 Å². The van der Waals surface area contributed by atoms with Crippen LogP contribution in [0.3, 0.4) is 0 Å². The average molecular weight is 482 g/mol. The summed E-state index contributed by atoms with van der Waals surface area (Å²) in [5.41, 5.74) is -0.124. The average Bonchev–Trinajstić information content (AvgIpc) is 2.76. The van der Waals surface area contributed by atoms with Crippen LogP contribution in [0.2, 0.25) is 0 Å². The number of halogens is 3. The van der Waals surface area contributed by atoms with Crippen LogP contribution in [-0.2, 0) is 12.7 Å². The third kappa shape index (κ3) is 5.95. The van der Waals surface area contributed by atoms with Gasteiger partial charge in [-0.15, -0.1) is 0 Å². The van der Waals surface area contributed by atoms with Crippen molar-refractivity contribution in [3.05, 3.63) is 35.5 Å². The smallest absolute Gasteiger partial charge is 0.433 e. The summed E-state index contributed by atoms with van der Waals surface area (Å²) in [6, 6.07) is 6.51. The highest BCUT2D eigenvalue weighted by molar-refractivity contribution is 7.80. The standard InChI is InChI=1S/C22H26F3N5O2S/c1-13-7-14(2)12-30(11-13)19-9-18(22(23,24)25)27-20(28-19)29-21(33)26-10-15-3-4-16-17(8-15)32-6-5-31-16/h3-4,8-9,13-14H,5-7,10-12H2,1-2H3,(H2,26,27,28,29,33)/t13-,14-/m1/s1. The zero-order chi connectivity index (χ0) is 23.6. The number of nitrogens with zero attached hydrogens (tertiary/aromatic N) is 3. The van der Waals surface area contributed by atoms with Crippen LogP contribution in [0.25, 0.3) is 0 Å². The fraction of sp³-hybridized carbons (Fsp3) is 0.500. The molecule has 0 radical (unpaired) electrons. The second-order valence-electron chi connectivity index (χ2n) is 8.57. The van der Waals surface area contributed by atoms with E-state index in [9.17, 15) is 13.2 Å². The minimum Gasteiger partial charge on any atom is -0.486 e. The van der Waals surface area contributed by atoms with Gasteiger partial charge in [-0.25, -0.2) is 4.98 Å². The van der Waals surface area contributed by atoms with E-state index in [1.54, 1.807) is 0 Å². The predicted octanol–water partition coefficient (Wildman–Crippen LogP) is 4.24. The predicted molar refractivity (Wildman–Crippen MR) is 123 cm³/mol. The Morgan fingerprint density at radius 1 is 1.09 bits per heavy atom. The van der Waals surface area contributed by atoms with Gasteiger partial charge in [0, 0.05) is 25.7 Å². The topological polar surface area (TPSA) is 71.5 Å². The van der Waals surface area contributed by atoms with Crippen molar-refractivity contribution in [3.8, 4) is 11.5 Å². The number of fused-ring (bicyclic) bond motifs is 1. The first-order valence-corrected chi connectivity index (χ1v) is 11.2. The van der Waals surface area contributed by atoms with Crippen LogP contribution < -0.4 is 25.0 Å². The molecule has 1 aromatic heterocycles. The summed E-state index contributed by atoms with van der Waals surface area (Å²) in [4.78, 5) is 9.87. The minimum atomic E-state index is -4.60. The lowest BCUT2D eigenvalue weighted by Gasteiger charge is -2.36. The zero-order valence-corrected chi connectivity index (χ0v) is 19.2. The number of nitrogens with one attached hydrogen (secondary N) is 2. The molecule has 1 fully saturated rings. The van der Waals surface area contributed by atoms with Gasteiger partial charge in [-0.3, -0.25) is 0 Å². The van der Waals surface area contributed by atoms with Crippen molar-refractivity contribution in [2.45, 2.75) is 33.0 Å². The first-order chi connectivity index (χ1) is 15.7. The molecule has 11 heteroatoms. The van der Waals surface area contributed by atoms with E-state index in [1.807, 2.05) is 23.1 Å². The maximum Gasteiger partial charge on any atom is 0.433 e. The van der Waals surface area contributed by atoms with Gasteiger partial charge in [0.25, 0.3) is 0 Å². The maximum atomic E-state index is 13.5. The van der Waals surface area contributed by atoms with Crippen molar-refractivity contribution in [1.29, 1.82) is 0 Å². The summed E-state index contributed by atoms with van der Waals surface area (Å²) in [5, 5.41) is 5.80. The molecule has 2 aliphatic heterocycles. The van der Waals surface area contributed by atoms with Gasteiger partial charge >= 0.3 is 6.18 Å². The largest absolute Gasteiger partial charge is 0.486 e.